The number of halogens is 1. The van der Waals surface area contributed by atoms with Crippen LogP contribution < -0.4 is 10.0 Å². The van der Waals surface area contributed by atoms with Crippen molar-refractivity contribution in [3.63, 3.8) is 0 Å². The molecule has 0 spiro atoms. The molecule has 0 aliphatic carbocycles. The fraction of sp³-hybridized carbons (Fsp3) is 0.130. The molecule has 0 unspecified atom stereocenters. The monoisotopic (exact) mass is 472 g/mol. The van der Waals surface area contributed by atoms with E-state index < -0.39 is 21.9 Å². The molecular formula is C23H21ClN2O5S. The molecule has 0 aliphatic heterocycles. The Hall–Kier alpha value is -3.36. The highest BCUT2D eigenvalue weighted by molar-refractivity contribution is 7.92. The van der Waals surface area contributed by atoms with Crippen LogP contribution >= 0.6 is 11.6 Å². The van der Waals surface area contributed by atoms with Gasteiger partial charge in [-0.25, -0.2) is 13.2 Å². The minimum Gasteiger partial charge on any atom is -0.462 e. The summed E-state index contributed by atoms with van der Waals surface area (Å²) in [5.74, 6) is -1.08. The fourth-order valence-electron chi connectivity index (χ4n) is 2.83. The van der Waals surface area contributed by atoms with Gasteiger partial charge in [0.1, 0.15) is 0 Å². The molecule has 3 aromatic rings. The molecule has 166 valence electrons. The topological polar surface area (TPSA) is 102 Å². The summed E-state index contributed by atoms with van der Waals surface area (Å²) in [6.45, 7) is 3.73. The van der Waals surface area contributed by atoms with Gasteiger partial charge in [-0.2, -0.15) is 0 Å². The van der Waals surface area contributed by atoms with Gasteiger partial charge in [0.25, 0.3) is 15.9 Å². The van der Waals surface area contributed by atoms with Crippen molar-refractivity contribution < 1.29 is 22.7 Å². The average Bonchev–Trinajstić information content (AvgIpc) is 2.75. The zero-order chi connectivity index (χ0) is 23.3. The van der Waals surface area contributed by atoms with Crippen LogP contribution in [0.15, 0.2) is 71.6 Å². The Kier molecular flexibility index (Phi) is 7.17. The van der Waals surface area contributed by atoms with Crippen LogP contribution in [0.3, 0.4) is 0 Å². The van der Waals surface area contributed by atoms with Crippen LogP contribution in [-0.2, 0) is 14.8 Å². The van der Waals surface area contributed by atoms with E-state index in [9.17, 15) is 18.0 Å². The van der Waals surface area contributed by atoms with E-state index in [4.69, 9.17) is 16.3 Å². The second-order valence-electron chi connectivity index (χ2n) is 6.87. The third kappa shape index (κ3) is 5.66. The Bertz CT molecular complexity index is 1260. The van der Waals surface area contributed by atoms with Gasteiger partial charge in [-0.1, -0.05) is 35.4 Å². The Balaban J connectivity index is 1.78. The van der Waals surface area contributed by atoms with Crippen molar-refractivity contribution in [1.29, 1.82) is 0 Å². The smallest absolute Gasteiger partial charge is 0.339 e. The van der Waals surface area contributed by atoms with Gasteiger partial charge in [0.15, 0.2) is 0 Å². The first-order valence-corrected chi connectivity index (χ1v) is 11.5. The Labute approximate surface area is 191 Å². The predicted octanol–water partition coefficient (Wildman–Crippen LogP) is 4.88. The molecule has 0 saturated heterocycles. The van der Waals surface area contributed by atoms with E-state index >= 15 is 0 Å². The maximum absolute atomic E-state index is 12.7. The molecule has 0 atom stereocenters. The highest BCUT2D eigenvalue weighted by Crippen LogP contribution is 2.23. The molecule has 3 aromatic carbocycles. The summed E-state index contributed by atoms with van der Waals surface area (Å²) < 4.78 is 32.6. The lowest BCUT2D eigenvalue weighted by atomic mass is 10.1. The van der Waals surface area contributed by atoms with Crippen molar-refractivity contribution >= 4 is 44.9 Å². The summed E-state index contributed by atoms with van der Waals surface area (Å²) in [6.07, 6.45) is 0. The minimum atomic E-state index is -3.80. The number of benzene rings is 3. The largest absolute Gasteiger partial charge is 0.462 e. The normalized spacial score (nSPS) is 11.0. The summed E-state index contributed by atoms with van der Waals surface area (Å²) >= 11 is 6.04. The number of anilines is 2. The molecule has 0 bridgehead atoms. The number of aryl methyl sites for hydroxylation is 1. The Morgan fingerprint density at radius 1 is 0.969 bits per heavy atom. The van der Waals surface area contributed by atoms with Crippen LogP contribution in [0.5, 0.6) is 0 Å². The van der Waals surface area contributed by atoms with Crippen LogP contribution in [0, 0.1) is 6.92 Å². The van der Waals surface area contributed by atoms with Crippen molar-refractivity contribution in [1.82, 2.24) is 0 Å². The van der Waals surface area contributed by atoms with Gasteiger partial charge in [-0.3, -0.25) is 9.52 Å². The van der Waals surface area contributed by atoms with Crippen LogP contribution in [0.2, 0.25) is 5.02 Å². The lowest BCUT2D eigenvalue weighted by Crippen LogP contribution is -2.15. The molecule has 0 fully saturated rings. The second-order valence-corrected chi connectivity index (χ2v) is 8.96. The van der Waals surface area contributed by atoms with Crippen LogP contribution in [0.4, 0.5) is 11.4 Å². The maximum Gasteiger partial charge on any atom is 0.339 e. The number of nitrogens with one attached hydrogen (secondary N) is 2. The van der Waals surface area contributed by atoms with Crippen LogP contribution in [-0.4, -0.2) is 26.9 Å². The zero-order valence-corrected chi connectivity index (χ0v) is 19.0. The molecule has 0 saturated carbocycles. The summed E-state index contributed by atoms with van der Waals surface area (Å²) in [6, 6.07) is 16.9. The first-order chi connectivity index (χ1) is 15.2. The van der Waals surface area contributed by atoms with Gasteiger partial charge in [0.05, 0.1) is 22.1 Å². The molecule has 32 heavy (non-hydrogen) atoms. The van der Waals surface area contributed by atoms with Gasteiger partial charge in [-0.05, 0) is 62.4 Å². The number of esters is 1. The van der Waals surface area contributed by atoms with Crippen LogP contribution in [0.25, 0.3) is 0 Å². The standard InChI is InChI=1S/C23H21ClN2O5S/c1-3-31-23(28)20-14-17(9-12-21(20)24)25-22(27)16-5-4-6-18(13-16)26-32(29,30)19-10-7-15(2)8-11-19/h4-14,26H,3H2,1-2H3,(H,25,27). The number of rotatable bonds is 7. The molecule has 0 aromatic heterocycles. The second kappa shape index (κ2) is 9.84. The number of hydrogen-bond acceptors (Lipinski definition) is 5. The summed E-state index contributed by atoms with van der Waals surface area (Å²) in [7, 11) is -3.80. The van der Waals surface area contributed by atoms with Gasteiger partial charge < -0.3 is 10.1 Å². The van der Waals surface area contributed by atoms with Crippen molar-refractivity contribution in [3.05, 3.63) is 88.4 Å². The predicted molar refractivity (Wildman–Crippen MR) is 124 cm³/mol. The third-order valence-corrected chi connectivity index (χ3v) is 6.15. The number of ether oxygens (including phenoxy) is 1. The number of hydrogen-bond donors (Lipinski definition) is 2. The molecule has 0 aliphatic rings. The van der Waals surface area contributed by atoms with E-state index in [1.54, 1.807) is 43.3 Å². The van der Waals surface area contributed by atoms with Gasteiger partial charge >= 0.3 is 5.97 Å². The van der Waals surface area contributed by atoms with E-state index in [1.807, 2.05) is 6.92 Å². The number of carbonyl (C=O) groups is 2. The SMILES string of the molecule is CCOC(=O)c1cc(NC(=O)c2cccc(NS(=O)(=O)c3ccc(C)cc3)c2)ccc1Cl. The Morgan fingerprint density at radius 3 is 2.38 bits per heavy atom. The number of amides is 1. The zero-order valence-electron chi connectivity index (χ0n) is 17.4. The molecular weight excluding hydrogens is 452 g/mol. The fourth-order valence-corrected chi connectivity index (χ4v) is 4.07. The van der Waals surface area contributed by atoms with Crippen molar-refractivity contribution in [2.45, 2.75) is 18.7 Å². The lowest BCUT2D eigenvalue weighted by Gasteiger charge is -2.11. The lowest BCUT2D eigenvalue weighted by molar-refractivity contribution is 0.0526. The van der Waals surface area contributed by atoms with Crippen molar-refractivity contribution in [2.75, 3.05) is 16.6 Å². The van der Waals surface area contributed by atoms with Gasteiger partial charge in [-0.15, -0.1) is 0 Å². The van der Waals surface area contributed by atoms with Gasteiger partial charge in [0.2, 0.25) is 0 Å². The first kappa shape index (κ1) is 23.3. The molecule has 3 rings (SSSR count). The summed E-state index contributed by atoms with van der Waals surface area (Å²) in [4.78, 5) is 24.8. The number of carbonyl (C=O) groups excluding carboxylic acids is 2. The third-order valence-electron chi connectivity index (χ3n) is 4.43. The molecule has 1 amide bonds. The molecule has 0 heterocycles. The van der Waals surface area contributed by atoms with Crippen LogP contribution in [0.1, 0.15) is 33.2 Å². The number of sulfonamides is 1. The van der Waals surface area contributed by atoms with Crippen molar-refractivity contribution in [3.8, 4) is 0 Å². The van der Waals surface area contributed by atoms with E-state index in [0.717, 1.165) is 5.56 Å². The van der Waals surface area contributed by atoms with Crippen molar-refractivity contribution in [2.24, 2.45) is 0 Å². The molecule has 2 N–H and O–H groups in total. The highest BCUT2D eigenvalue weighted by Gasteiger charge is 2.16. The average molecular weight is 473 g/mol. The molecule has 7 nitrogen and oxygen atoms in total. The summed E-state index contributed by atoms with van der Waals surface area (Å²) in [5.41, 5.74) is 1.87. The molecule has 9 heteroatoms. The Morgan fingerprint density at radius 2 is 1.69 bits per heavy atom. The maximum atomic E-state index is 12.7. The van der Waals surface area contributed by atoms with E-state index in [-0.39, 0.29) is 33.3 Å². The van der Waals surface area contributed by atoms with E-state index in [1.165, 1.54) is 30.3 Å². The summed E-state index contributed by atoms with van der Waals surface area (Å²) in [5, 5.41) is 2.87. The van der Waals surface area contributed by atoms with Gasteiger partial charge in [0, 0.05) is 16.9 Å². The molecule has 0 radical (unpaired) electrons. The quantitative estimate of drug-likeness (QED) is 0.477. The first-order valence-electron chi connectivity index (χ1n) is 9.67. The highest BCUT2D eigenvalue weighted by atomic mass is 35.5. The van der Waals surface area contributed by atoms with E-state index in [2.05, 4.69) is 10.0 Å². The van der Waals surface area contributed by atoms with E-state index in [0.29, 0.717) is 5.69 Å². The minimum absolute atomic E-state index is 0.116.